The first kappa shape index (κ1) is 18.8. The Labute approximate surface area is 157 Å². The molecule has 140 valence electrons. The van der Waals surface area contributed by atoms with Gasteiger partial charge in [-0.3, -0.25) is 4.55 Å². The zero-order valence-corrected chi connectivity index (χ0v) is 15.4. The predicted molar refractivity (Wildman–Crippen MR) is 103 cm³/mol. The van der Waals surface area contributed by atoms with Gasteiger partial charge in [0.05, 0.1) is 5.75 Å². The highest BCUT2D eigenvalue weighted by atomic mass is 32.2. The molecule has 0 atom stereocenters. The quantitative estimate of drug-likeness (QED) is 0.465. The molecule has 0 aromatic heterocycles. The minimum absolute atomic E-state index is 0.163. The van der Waals surface area contributed by atoms with Crippen molar-refractivity contribution >= 4 is 33.7 Å². The smallest absolute Gasteiger partial charge is 0.363 e. The van der Waals surface area contributed by atoms with Gasteiger partial charge in [-0.25, -0.2) is 9.79 Å². The Bertz CT molecular complexity index is 996. The summed E-state index contributed by atoms with van der Waals surface area (Å²) in [5.74, 6) is -0.588. The number of carbonyl (C=O) groups excluding carboxylic acids is 1. The maximum Gasteiger partial charge on any atom is 0.363 e. The molecule has 0 aliphatic carbocycles. The van der Waals surface area contributed by atoms with Gasteiger partial charge < -0.3 is 9.64 Å². The zero-order valence-electron chi connectivity index (χ0n) is 14.6. The van der Waals surface area contributed by atoms with E-state index < -0.39 is 16.1 Å². The molecule has 2 aromatic rings. The largest absolute Gasteiger partial charge is 0.402 e. The maximum atomic E-state index is 12.0. The van der Waals surface area contributed by atoms with E-state index in [1.54, 1.807) is 42.3 Å². The van der Waals surface area contributed by atoms with Crippen LogP contribution >= 0.6 is 0 Å². The number of esters is 1. The molecule has 0 spiro atoms. The summed E-state index contributed by atoms with van der Waals surface area (Å²) < 4.78 is 35.7. The lowest BCUT2D eigenvalue weighted by Gasteiger charge is -2.18. The van der Waals surface area contributed by atoms with Crippen LogP contribution in [0.2, 0.25) is 0 Å². The van der Waals surface area contributed by atoms with Crippen LogP contribution in [-0.2, 0) is 19.6 Å². The molecule has 0 fully saturated rings. The summed E-state index contributed by atoms with van der Waals surface area (Å²) in [7, 11) is -2.28. The highest BCUT2D eigenvalue weighted by Crippen LogP contribution is 2.21. The second-order valence-corrected chi connectivity index (χ2v) is 7.57. The number of nitrogens with zero attached hydrogens (tertiary/aromatic N) is 2. The van der Waals surface area contributed by atoms with Gasteiger partial charge in [0.25, 0.3) is 10.1 Å². The van der Waals surface area contributed by atoms with Gasteiger partial charge in [0, 0.05) is 24.8 Å². The maximum absolute atomic E-state index is 12.0. The molecule has 0 saturated heterocycles. The van der Waals surface area contributed by atoms with Crippen molar-refractivity contribution in [1.29, 1.82) is 0 Å². The van der Waals surface area contributed by atoms with Gasteiger partial charge in [0.1, 0.15) is 0 Å². The average molecular weight is 386 g/mol. The van der Waals surface area contributed by atoms with Crippen LogP contribution in [0.4, 0.5) is 5.69 Å². The molecule has 7 nitrogen and oxygen atoms in total. The van der Waals surface area contributed by atoms with Crippen molar-refractivity contribution in [3.8, 4) is 0 Å². The van der Waals surface area contributed by atoms with E-state index in [4.69, 9.17) is 9.29 Å². The first-order valence-corrected chi connectivity index (χ1v) is 9.77. The van der Waals surface area contributed by atoms with E-state index in [1.807, 2.05) is 30.3 Å². The van der Waals surface area contributed by atoms with Gasteiger partial charge in [-0.1, -0.05) is 30.3 Å². The van der Waals surface area contributed by atoms with Crippen molar-refractivity contribution in [2.75, 3.05) is 24.2 Å². The topological polar surface area (TPSA) is 96.3 Å². The number of hydrogen-bond acceptors (Lipinski definition) is 6. The Hall–Kier alpha value is -2.97. The SMILES string of the molecule is CN(CCS(=O)(=O)O)c1ccc(/C=C2/N=C(c3ccccc3)OC2=O)cc1. The second kappa shape index (κ2) is 7.73. The summed E-state index contributed by atoms with van der Waals surface area (Å²) in [5.41, 5.74) is 2.47. The lowest BCUT2D eigenvalue weighted by molar-refractivity contribution is -0.129. The van der Waals surface area contributed by atoms with Crippen LogP contribution in [0.3, 0.4) is 0 Å². The number of hydrogen-bond donors (Lipinski definition) is 1. The third-order valence-electron chi connectivity index (χ3n) is 3.96. The molecule has 1 N–H and O–H groups in total. The Morgan fingerprint density at radius 3 is 2.41 bits per heavy atom. The summed E-state index contributed by atoms with van der Waals surface area (Å²) >= 11 is 0. The van der Waals surface area contributed by atoms with Crippen LogP contribution < -0.4 is 4.90 Å². The highest BCUT2D eigenvalue weighted by molar-refractivity contribution is 7.85. The van der Waals surface area contributed by atoms with E-state index in [0.717, 1.165) is 16.8 Å². The molecule has 0 amide bonds. The van der Waals surface area contributed by atoms with Gasteiger partial charge in [0.2, 0.25) is 5.90 Å². The highest BCUT2D eigenvalue weighted by Gasteiger charge is 2.23. The normalized spacial score (nSPS) is 15.6. The van der Waals surface area contributed by atoms with Crippen molar-refractivity contribution in [2.24, 2.45) is 4.99 Å². The number of rotatable bonds is 6. The summed E-state index contributed by atoms with van der Waals surface area (Å²) in [6, 6.07) is 16.3. The van der Waals surface area contributed by atoms with Crippen molar-refractivity contribution in [3.05, 3.63) is 71.4 Å². The molecule has 1 aliphatic rings. The van der Waals surface area contributed by atoms with Gasteiger partial charge in [0.15, 0.2) is 5.70 Å². The molecule has 0 saturated carbocycles. The molecule has 0 bridgehead atoms. The average Bonchev–Trinajstić information content (AvgIpc) is 3.01. The number of ether oxygens (including phenoxy) is 1. The van der Waals surface area contributed by atoms with Crippen molar-refractivity contribution in [2.45, 2.75) is 0 Å². The van der Waals surface area contributed by atoms with Crippen LogP contribution in [0.15, 0.2) is 65.3 Å². The first-order valence-electron chi connectivity index (χ1n) is 8.16. The van der Waals surface area contributed by atoms with Crippen LogP contribution in [0.25, 0.3) is 6.08 Å². The summed E-state index contributed by atoms with van der Waals surface area (Å²) in [5, 5.41) is 0. The Morgan fingerprint density at radius 1 is 1.11 bits per heavy atom. The standard InChI is InChI=1S/C19H18N2O5S/c1-21(11-12-27(23,24)25)16-9-7-14(8-10-16)13-17-19(22)26-18(20-17)15-5-3-2-4-6-15/h2-10,13H,11-12H2,1H3,(H,23,24,25)/b17-13+. The predicted octanol–water partition coefficient (Wildman–Crippen LogP) is 2.36. The zero-order chi connectivity index (χ0) is 19.4. The van der Waals surface area contributed by atoms with Crippen molar-refractivity contribution in [1.82, 2.24) is 0 Å². The van der Waals surface area contributed by atoms with Gasteiger partial charge >= 0.3 is 5.97 Å². The number of aliphatic imine (C=N–C) groups is 1. The van der Waals surface area contributed by atoms with E-state index in [9.17, 15) is 13.2 Å². The fourth-order valence-electron chi connectivity index (χ4n) is 2.48. The molecular weight excluding hydrogens is 368 g/mol. The summed E-state index contributed by atoms with van der Waals surface area (Å²) in [6.45, 7) is 0.163. The molecule has 1 heterocycles. The van der Waals surface area contributed by atoms with Gasteiger partial charge in [-0.15, -0.1) is 0 Å². The number of carbonyl (C=O) groups is 1. The molecule has 0 radical (unpaired) electrons. The molecule has 3 rings (SSSR count). The summed E-state index contributed by atoms with van der Waals surface area (Å²) in [6.07, 6.45) is 1.63. The lowest BCUT2D eigenvalue weighted by atomic mass is 10.1. The van der Waals surface area contributed by atoms with Gasteiger partial charge in [-0.05, 0) is 35.9 Å². The number of cyclic esters (lactones) is 1. The van der Waals surface area contributed by atoms with E-state index >= 15 is 0 Å². The minimum Gasteiger partial charge on any atom is -0.402 e. The lowest BCUT2D eigenvalue weighted by Crippen LogP contribution is -2.24. The van der Waals surface area contributed by atoms with E-state index in [1.165, 1.54) is 0 Å². The number of benzene rings is 2. The van der Waals surface area contributed by atoms with Crippen LogP contribution in [0.1, 0.15) is 11.1 Å². The molecule has 2 aromatic carbocycles. The number of anilines is 1. The third-order valence-corrected chi connectivity index (χ3v) is 4.66. The Morgan fingerprint density at radius 2 is 1.78 bits per heavy atom. The monoisotopic (exact) mass is 386 g/mol. The van der Waals surface area contributed by atoms with Crippen LogP contribution in [0, 0.1) is 0 Å². The first-order chi connectivity index (χ1) is 12.8. The minimum atomic E-state index is -4.00. The molecule has 1 aliphatic heterocycles. The van der Waals surface area contributed by atoms with Crippen LogP contribution in [0.5, 0.6) is 0 Å². The Balaban J connectivity index is 1.74. The van der Waals surface area contributed by atoms with E-state index in [0.29, 0.717) is 0 Å². The molecule has 27 heavy (non-hydrogen) atoms. The second-order valence-electron chi connectivity index (χ2n) is 6.00. The van der Waals surface area contributed by atoms with E-state index in [-0.39, 0.29) is 23.9 Å². The third kappa shape index (κ3) is 5.02. The van der Waals surface area contributed by atoms with Crippen molar-refractivity contribution < 1.29 is 22.5 Å². The fourth-order valence-corrected chi connectivity index (χ4v) is 2.98. The van der Waals surface area contributed by atoms with E-state index in [2.05, 4.69) is 4.99 Å². The molecule has 8 heteroatoms. The van der Waals surface area contributed by atoms with Crippen molar-refractivity contribution in [3.63, 3.8) is 0 Å². The van der Waals surface area contributed by atoms with Crippen LogP contribution in [-0.4, -0.2) is 44.2 Å². The Kier molecular flexibility index (Phi) is 5.38. The molecule has 0 unspecified atom stereocenters. The molecular formula is C19H18N2O5S. The summed E-state index contributed by atoms with van der Waals surface area (Å²) in [4.78, 5) is 18.0. The van der Waals surface area contributed by atoms with Gasteiger partial charge in [-0.2, -0.15) is 8.42 Å². The fraction of sp³-hybridized carbons (Fsp3) is 0.158.